The molecule has 0 radical (unpaired) electrons. The Labute approximate surface area is 107 Å². The van der Waals surface area contributed by atoms with E-state index in [1.54, 1.807) is 0 Å². The number of benzene rings is 1. The third kappa shape index (κ3) is 5.29. The average molecular weight is 251 g/mol. The summed E-state index contributed by atoms with van der Waals surface area (Å²) in [7, 11) is -1.03. The highest BCUT2D eigenvalue weighted by atomic mass is 32.2. The first kappa shape index (κ1) is 14.1. The molecule has 94 valence electrons. The molecule has 0 aliphatic carbocycles. The molecule has 17 heavy (non-hydrogen) atoms. The molecule has 0 aromatic heterocycles. The third-order valence-electron chi connectivity index (χ3n) is 2.31. The van der Waals surface area contributed by atoms with E-state index in [1.807, 2.05) is 39.0 Å². The molecule has 0 bridgehead atoms. The molecule has 0 amide bonds. The summed E-state index contributed by atoms with van der Waals surface area (Å²) in [6.45, 7) is 10.5. The Morgan fingerprint density at radius 3 is 2.41 bits per heavy atom. The van der Waals surface area contributed by atoms with Gasteiger partial charge in [0, 0.05) is 6.54 Å². The zero-order valence-electron chi connectivity index (χ0n) is 10.8. The topological polar surface area (TPSA) is 29.1 Å². The van der Waals surface area contributed by atoms with Crippen LogP contribution in [-0.4, -0.2) is 15.5 Å². The van der Waals surface area contributed by atoms with Gasteiger partial charge in [-0.15, -0.1) is 0 Å². The van der Waals surface area contributed by atoms with Crippen LogP contribution in [0.5, 0.6) is 0 Å². The van der Waals surface area contributed by atoms with Crippen molar-refractivity contribution in [3.8, 4) is 0 Å². The van der Waals surface area contributed by atoms with Gasteiger partial charge in [-0.25, -0.2) is 8.93 Å². The Balaban J connectivity index is 2.39. The lowest BCUT2D eigenvalue weighted by atomic mass is 10.1. The van der Waals surface area contributed by atoms with E-state index < -0.39 is 11.0 Å². The maximum Gasteiger partial charge on any atom is 0.0973 e. The largest absolute Gasteiger partial charge is 0.242 e. The number of rotatable bonds is 5. The van der Waals surface area contributed by atoms with Gasteiger partial charge in [0.25, 0.3) is 0 Å². The minimum atomic E-state index is -1.03. The van der Waals surface area contributed by atoms with Crippen molar-refractivity contribution in [1.82, 2.24) is 4.72 Å². The van der Waals surface area contributed by atoms with E-state index in [4.69, 9.17) is 0 Å². The van der Waals surface area contributed by atoms with E-state index in [0.717, 1.165) is 12.0 Å². The monoisotopic (exact) mass is 251 g/mol. The molecule has 0 aliphatic heterocycles. The smallest absolute Gasteiger partial charge is 0.0973 e. The van der Waals surface area contributed by atoms with Crippen LogP contribution in [0.2, 0.25) is 0 Å². The van der Waals surface area contributed by atoms with Crippen molar-refractivity contribution < 1.29 is 4.21 Å². The van der Waals surface area contributed by atoms with Crippen molar-refractivity contribution in [3.05, 3.63) is 48.0 Å². The summed E-state index contributed by atoms with van der Waals surface area (Å²) < 4.78 is 14.6. The van der Waals surface area contributed by atoms with Crippen LogP contribution in [-0.2, 0) is 17.4 Å². The van der Waals surface area contributed by atoms with Gasteiger partial charge in [0.15, 0.2) is 0 Å². The van der Waals surface area contributed by atoms with Crippen LogP contribution in [0.25, 0.3) is 0 Å². The van der Waals surface area contributed by atoms with Crippen molar-refractivity contribution in [2.24, 2.45) is 0 Å². The van der Waals surface area contributed by atoms with Gasteiger partial charge in [0.2, 0.25) is 0 Å². The van der Waals surface area contributed by atoms with Gasteiger partial charge in [-0.2, -0.15) is 0 Å². The number of hydrogen-bond donors (Lipinski definition) is 1. The zero-order chi connectivity index (χ0) is 12.9. The quantitative estimate of drug-likeness (QED) is 0.801. The normalized spacial score (nSPS) is 13.4. The lowest BCUT2D eigenvalue weighted by molar-refractivity contribution is 0.638. The second-order valence-electron chi connectivity index (χ2n) is 5.11. The zero-order valence-corrected chi connectivity index (χ0v) is 11.6. The van der Waals surface area contributed by atoms with Crippen LogP contribution in [0.3, 0.4) is 0 Å². The second kappa shape index (κ2) is 6.12. The fourth-order valence-electron chi connectivity index (χ4n) is 1.33. The van der Waals surface area contributed by atoms with Crippen LogP contribution in [0.1, 0.15) is 26.3 Å². The maximum absolute atomic E-state index is 11.8. The summed E-state index contributed by atoms with van der Waals surface area (Å²) in [5.74, 6) is 0. The van der Waals surface area contributed by atoms with Crippen LogP contribution < -0.4 is 4.72 Å². The highest BCUT2D eigenvalue weighted by Crippen LogP contribution is 2.10. The van der Waals surface area contributed by atoms with Crippen LogP contribution >= 0.6 is 0 Å². The van der Waals surface area contributed by atoms with E-state index in [0.29, 0.717) is 6.54 Å². The van der Waals surface area contributed by atoms with E-state index in [-0.39, 0.29) is 4.75 Å². The van der Waals surface area contributed by atoms with Gasteiger partial charge in [-0.3, -0.25) is 0 Å². The average Bonchev–Trinajstić information content (AvgIpc) is 2.26. The minimum absolute atomic E-state index is 0.229. The molecule has 0 heterocycles. The Kier molecular flexibility index (Phi) is 5.09. The summed E-state index contributed by atoms with van der Waals surface area (Å²) in [4.78, 5) is 0. The van der Waals surface area contributed by atoms with Crippen molar-refractivity contribution >= 4 is 11.0 Å². The van der Waals surface area contributed by atoms with E-state index in [9.17, 15) is 4.21 Å². The predicted molar refractivity (Wildman–Crippen MR) is 75.2 cm³/mol. The fraction of sp³-hybridized carbons (Fsp3) is 0.429. The van der Waals surface area contributed by atoms with Crippen LogP contribution in [0.15, 0.2) is 42.5 Å². The van der Waals surface area contributed by atoms with E-state index in [1.165, 1.54) is 5.56 Å². The first-order chi connectivity index (χ1) is 7.89. The third-order valence-corrected chi connectivity index (χ3v) is 3.83. The van der Waals surface area contributed by atoms with Crippen LogP contribution in [0, 0.1) is 0 Å². The summed E-state index contributed by atoms with van der Waals surface area (Å²) in [6, 6.07) is 10.2. The molecule has 2 nitrogen and oxygen atoms in total. The van der Waals surface area contributed by atoms with Gasteiger partial charge in [0.05, 0.1) is 15.7 Å². The summed E-state index contributed by atoms with van der Waals surface area (Å²) in [6.07, 6.45) is 0.829. The molecule has 1 atom stereocenters. The molecular formula is C14H21NOS. The molecule has 0 saturated heterocycles. The van der Waals surface area contributed by atoms with Crippen LogP contribution in [0.4, 0.5) is 0 Å². The highest BCUT2D eigenvalue weighted by molar-refractivity contribution is 7.84. The second-order valence-corrected chi connectivity index (χ2v) is 7.17. The number of nitrogens with one attached hydrogen (secondary N) is 1. The molecule has 0 unspecified atom stereocenters. The summed E-state index contributed by atoms with van der Waals surface area (Å²) in [5, 5.41) is 0. The van der Waals surface area contributed by atoms with Crippen molar-refractivity contribution in [2.45, 2.75) is 31.9 Å². The Morgan fingerprint density at radius 1 is 1.29 bits per heavy atom. The first-order valence-electron chi connectivity index (χ1n) is 5.75. The number of hydrogen-bond acceptors (Lipinski definition) is 1. The molecule has 1 aromatic carbocycles. The molecule has 3 heteroatoms. The lowest BCUT2D eigenvalue weighted by Crippen LogP contribution is -2.34. The van der Waals surface area contributed by atoms with Crippen molar-refractivity contribution in [3.63, 3.8) is 0 Å². The Morgan fingerprint density at radius 2 is 1.88 bits per heavy atom. The van der Waals surface area contributed by atoms with Gasteiger partial charge < -0.3 is 0 Å². The predicted octanol–water partition coefficient (Wildman–Crippen LogP) is 2.84. The molecule has 0 spiro atoms. The Bertz CT molecular complexity index is 392. The molecule has 0 saturated carbocycles. The van der Waals surface area contributed by atoms with Gasteiger partial charge in [-0.05, 0) is 32.8 Å². The molecule has 1 rings (SSSR count). The molecular weight excluding hydrogens is 230 g/mol. The van der Waals surface area contributed by atoms with Gasteiger partial charge >= 0.3 is 0 Å². The lowest BCUT2D eigenvalue weighted by Gasteiger charge is -2.18. The van der Waals surface area contributed by atoms with Gasteiger partial charge in [-0.1, -0.05) is 42.5 Å². The highest BCUT2D eigenvalue weighted by Gasteiger charge is 2.18. The van der Waals surface area contributed by atoms with E-state index in [2.05, 4.69) is 23.4 Å². The first-order valence-corrected chi connectivity index (χ1v) is 6.90. The molecule has 1 aromatic rings. The van der Waals surface area contributed by atoms with E-state index >= 15 is 0 Å². The van der Waals surface area contributed by atoms with Crippen molar-refractivity contribution in [2.75, 3.05) is 6.54 Å². The summed E-state index contributed by atoms with van der Waals surface area (Å²) >= 11 is 0. The molecule has 0 fully saturated rings. The molecule has 1 N–H and O–H groups in total. The van der Waals surface area contributed by atoms with Crippen molar-refractivity contribution in [1.29, 1.82) is 0 Å². The molecule has 0 aliphatic rings. The maximum atomic E-state index is 11.8. The van der Waals surface area contributed by atoms with Gasteiger partial charge in [0.1, 0.15) is 0 Å². The standard InChI is InChI=1S/C14H21NOS/c1-12(10-13-8-6-5-7-9-13)11-15-17(16)14(2,3)4/h5-9,15H,1,10-11H2,2-4H3/t17-/m1/s1. The minimum Gasteiger partial charge on any atom is -0.242 e. The SMILES string of the molecule is C=C(CN[S@](=O)C(C)(C)C)Cc1ccccc1. The fourth-order valence-corrected chi connectivity index (χ4v) is 2.10. The Hall–Kier alpha value is -0.930. The summed E-state index contributed by atoms with van der Waals surface area (Å²) in [5.41, 5.74) is 2.29.